The summed E-state index contributed by atoms with van der Waals surface area (Å²) < 4.78 is 5.58. The molecular formula is C19H29ClN2O2. The lowest BCUT2D eigenvalue weighted by atomic mass is 9.71. The van der Waals surface area contributed by atoms with Gasteiger partial charge in [0.15, 0.2) is 0 Å². The number of aryl methyl sites for hydroxylation is 1. The van der Waals surface area contributed by atoms with Crippen LogP contribution in [-0.4, -0.2) is 43.2 Å². The second kappa shape index (κ2) is 7.85. The summed E-state index contributed by atoms with van der Waals surface area (Å²) in [5.74, 6) is 0.710. The van der Waals surface area contributed by atoms with Crippen LogP contribution in [0.15, 0.2) is 24.3 Å². The van der Waals surface area contributed by atoms with Crippen molar-refractivity contribution < 1.29 is 9.53 Å². The van der Waals surface area contributed by atoms with E-state index >= 15 is 0 Å². The van der Waals surface area contributed by atoms with Crippen LogP contribution in [0.25, 0.3) is 0 Å². The third kappa shape index (κ3) is 3.32. The number of halogens is 1. The number of ether oxygens (including phenoxy) is 1. The Hall–Kier alpha value is -1.10. The molecule has 3 rings (SSSR count). The molecule has 2 aliphatic rings. The number of benzene rings is 1. The molecule has 0 saturated carbocycles. The monoisotopic (exact) mass is 352 g/mol. The molecule has 0 bridgehead atoms. The minimum absolute atomic E-state index is 0. The quantitative estimate of drug-likeness (QED) is 0.909. The first-order valence-electron chi connectivity index (χ1n) is 8.73. The maximum atomic E-state index is 13.6. The normalized spacial score (nSPS) is 26.0. The van der Waals surface area contributed by atoms with Crippen molar-refractivity contribution in [1.82, 2.24) is 4.90 Å². The summed E-state index contributed by atoms with van der Waals surface area (Å²) in [7, 11) is 0. The predicted octanol–water partition coefficient (Wildman–Crippen LogP) is 2.66. The van der Waals surface area contributed by atoms with Crippen LogP contribution < -0.4 is 5.73 Å². The molecule has 2 fully saturated rings. The highest BCUT2D eigenvalue weighted by Gasteiger charge is 2.47. The van der Waals surface area contributed by atoms with Crippen LogP contribution in [0.2, 0.25) is 0 Å². The number of nitrogens with two attached hydrogens (primary N) is 1. The van der Waals surface area contributed by atoms with Crippen molar-refractivity contribution >= 4 is 18.3 Å². The van der Waals surface area contributed by atoms with Crippen LogP contribution in [0, 0.1) is 12.8 Å². The van der Waals surface area contributed by atoms with E-state index in [-0.39, 0.29) is 24.4 Å². The number of amides is 1. The molecular weight excluding hydrogens is 324 g/mol. The molecule has 0 radical (unpaired) electrons. The minimum Gasteiger partial charge on any atom is -0.381 e. The maximum absolute atomic E-state index is 13.6. The van der Waals surface area contributed by atoms with Gasteiger partial charge in [-0.25, -0.2) is 0 Å². The Balaban J connectivity index is 0.00000208. The van der Waals surface area contributed by atoms with Gasteiger partial charge in [0.25, 0.3) is 0 Å². The van der Waals surface area contributed by atoms with Gasteiger partial charge in [-0.3, -0.25) is 4.79 Å². The molecule has 0 aliphatic carbocycles. The summed E-state index contributed by atoms with van der Waals surface area (Å²) in [6.45, 7) is 7.03. The Morgan fingerprint density at radius 1 is 1.33 bits per heavy atom. The lowest BCUT2D eigenvalue weighted by Crippen LogP contribution is -2.51. The number of carbonyl (C=O) groups excluding carboxylic acids is 1. The molecule has 1 aromatic carbocycles. The van der Waals surface area contributed by atoms with E-state index in [0.717, 1.165) is 25.8 Å². The number of likely N-dealkylation sites (tertiary alicyclic amines) is 1. The van der Waals surface area contributed by atoms with Crippen LogP contribution >= 0.6 is 12.4 Å². The second-order valence-corrected chi connectivity index (χ2v) is 7.15. The third-order valence-corrected chi connectivity index (χ3v) is 5.67. The molecule has 2 unspecified atom stereocenters. The lowest BCUT2D eigenvalue weighted by molar-refractivity contribution is -0.142. The Kier molecular flexibility index (Phi) is 6.29. The fraction of sp³-hybridized carbons (Fsp3) is 0.632. The van der Waals surface area contributed by atoms with Crippen molar-refractivity contribution in [3.8, 4) is 0 Å². The fourth-order valence-electron chi connectivity index (χ4n) is 4.30. The smallest absolute Gasteiger partial charge is 0.233 e. The summed E-state index contributed by atoms with van der Waals surface area (Å²) >= 11 is 0. The van der Waals surface area contributed by atoms with Crippen molar-refractivity contribution in [2.24, 2.45) is 11.7 Å². The van der Waals surface area contributed by atoms with Gasteiger partial charge < -0.3 is 15.4 Å². The highest BCUT2D eigenvalue weighted by molar-refractivity contribution is 5.89. The van der Waals surface area contributed by atoms with Gasteiger partial charge in [-0.05, 0) is 56.7 Å². The molecule has 0 spiro atoms. The van der Waals surface area contributed by atoms with Gasteiger partial charge in [-0.15, -0.1) is 12.4 Å². The zero-order chi connectivity index (χ0) is 16.4. The number of rotatable bonds is 3. The first-order valence-corrected chi connectivity index (χ1v) is 8.73. The SMILES string of the molecule is Cc1ccccc1C1(C(=O)N2CC(CN)CC2C)CCOCC1.Cl. The minimum atomic E-state index is -0.429. The average Bonchev–Trinajstić information content (AvgIpc) is 2.96. The van der Waals surface area contributed by atoms with E-state index in [9.17, 15) is 4.79 Å². The van der Waals surface area contributed by atoms with Gasteiger partial charge in [0, 0.05) is 25.8 Å². The molecule has 2 aliphatic heterocycles. The molecule has 2 atom stereocenters. The van der Waals surface area contributed by atoms with Crippen molar-refractivity contribution in [2.45, 2.75) is 44.6 Å². The highest BCUT2D eigenvalue weighted by Crippen LogP contribution is 2.40. The second-order valence-electron chi connectivity index (χ2n) is 7.15. The van der Waals surface area contributed by atoms with Crippen molar-refractivity contribution in [1.29, 1.82) is 0 Å². The molecule has 134 valence electrons. The maximum Gasteiger partial charge on any atom is 0.233 e. The van der Waals surface area contributed by atoms with Gasteiger partial charge in [-0.2, -0.15) is 0 Å². The molecule has 0 aromatic heterocycles. The van der Waals surface area contributed by atoms with Crippen LogP contribution in [0.3, 0.4) is 0 Å². The van der Waals surface area contributed by atoms with Crippen LogP contribution in [-0.2, 0) is 14.9 Å². The topological polar surface area (TPSA) is 55.6 Å². The molecule has 2 heterocycles. The van der Waals surface area contributed by atoms with Crippen LogP contribution in [0.4, 0.5) is 0 Å². The Bertz CT molecular complexity index is 572. The van der Waals surface area contributed by atoms with E-state index in [1.807, 2.05) is 12.1 Å². The van der Waals surface area contributed by atoms with Gasteiger partial charge in [0.1, 0.15) is 0 Å². The van der Waals surface area contributed by atoms with E-state index < -0.39 is 5.41 Å². The molecule has 2 N–H and O–H groups in total. The summed E-state index contributed by atoms with van der Waals surface area (Å²) in [5.41, 5.74) is 7.79. The molecule has 4 nitrogen and oxygen atoms in total. The van der Waals surface area contributed by atoms with Crippen molar-refractivity contribution in [3.05, 3.63) is 35.4 Å². The van der Waals surface area contributed by atoms with Gasteiger partial charge in [0.05, 0.1) is 5.41 Å². The van der Waals surface area contributed by atoms with E-state index in [4.69, 9.17) is 10.5 Å². The summed E-state index contributed by atoms with van der Waals surface area (Å²) in [5, 5.41) is 0. The Morgan fingerprint density at radius 3 is 2.58 bits per heavy atom. The number of hydrogen-bond donors (Lipinski definition) is 1. The van der Waals surface area contributed by atoms with Crippen molar-refractivity contribution in [3.63, 3.8) is 0 Å². The highest BCUT2D eigenvalue weighted by atomic mass is 35.5. The van der Waals surface area contributed by atoms with E-state index in [1.54, 1.807) is 0 Å². The standard InChI is InChI=1S/C19H28N2O2.ClH/c1-14-5-3-4-6-17(14)19(7-9-23-10-8-19)18(22)21-13-16(12-20)11-15(21)2;/h3-6,15-16H,7-13,20H2,1-2H3;1H. The first kappa shape index (κ1) is 19.2. The van der Waals surface area contributed by atoms with Gasteiger partial charge in [0.2, 0.25) is 5.91 Å². The van der Waals surface area contributed by atoms with E-state index in [1.165, 1.54) is 11.1 Å². The largest absolute Gasteiger partial charge is 0.381 e. The molecule has 5 heteroatoms. The predicted molar refractivity (Wildman–Crippen MR) is 98.5 cm³/mol. The van der Waals surface area contributed by atoms with Gasteiger partial charge >= 0.3 is 0 Å². The van der Waals surface area contributed by atoms with E-state index in [0.29, 0.717) is 25.7 Å². The lowest BCUT2D eigenvalue weighted by Gasteiger charge is -2.41. The first-order chi connectivity index (χ1) is 11.1. The van der Waals surface area contributed by atoms with Crippen LogP contribution in [0.5, 0.6) is 0 Å². The van der Waals surface area contributed by atoms with Crippen LogP contribution in [0.1, 0.15) is 37.3 Å². The number of carbonyl (C=O) groups is 1. The fourth-order valence-corrected chi connectivity index (χ4v) is 4.30. The Morgan fingerprint density at radius 2 is 2.00 bits per heavy atom. The summed E-state index contributed by atoms with van der Waals surface area (Å²) in [6.07, 6.45) is 2.56. The molecule has 1 amide bonds. The molecule has 24 heavy (non-hydrogen) atoms. The molecule has 2 saturated heterocycles. The zero-order valence-electron chi connectivity index (χ0n) is 14.7. The van der Waals surface area contributed by atoms with Gasteiger partial charge in [-0.1, -0.05) is 24.3 Å². The zero-order valence-corrected chi connectivity index (χ0v) is 15.5. The summed E-state index contributed by atoms with van der Waals surface area (Å²) in [4.78, 5) is 15.7. The van der Waals surface area contributed by atoms with E-state index in [2.05, 4.69) is 30.9 Å². The number of nitrogens with zero attached hydrogens (tertiary/aromatic N) is 1. The van der Waals surface area contributed by atoms with Crippen molar-refractivity contribution in [2.75, 3.05) is 26.3 Å². The summed E-state index contributed by atoms with van der Waals surface area (Å²) in [6, 6.07) is 8.59. The molecule has 1 aromatic rings. The number of hydrogen-bond acceptors (Lipinski definition) is 3. The third-order valence-electron chi connectivity index (χ3n) is 5.67. The average molecular weight is 353 g/mol. The Labute approximate surface area is 151 Å².